The van der Waals surface area contributed by atoms with Crippen LogP contribution in [0, 0.1) is 13.8 Å². The summed E-state index contributed by atoms with van der Waals surface area (Å²) < 4.78 is 10.4. The third kappa shape index (κ3) is 5.35. The van der Waals surface area contributed by atoms with E-state index in [1.54, 1.807) is 18.2 Å². The minimum atomic E-state index is -0.471. The number of benzene rings is 1. The summed E-state index contributed by atoms with van der Waals surface area (Å²) >= 11 is 0. The Balaban J connectivity index is 1.72. The van der Waals surface area contributed by atoms with Crippen LogP contribution in [0.15, 0.2) is 47.1 Å². The number of furan rings is 1. The first-order chi connectivity index (χ1) is 11.0. The summed E-state index contributed by atoms with van der Waals surface area (Å²) in [7, 11) is 0. The highest BCUT2D eigenvalue weighted by molar-refractivity contribution is 5.92. The Morgan fingerprint density at radius 2 is 2.00 bits per heavy atom. The van der Waals surface area contributed by atoms with Gasteiger partial charge in [0, 0.05) is 6.08 Å². The Kier molecular flexibility index (Phi) is 5.57. The fourth-order valence-electron chi connectivity index (χ4n) is 1.71. The lowest BCUT2D eigenvalue weighted by atomic mass is 10.1. The molecular weight excluding hydrogens is 296 g/mol. The second-order valence-electron chi connectivity index (χ2n) is 4.92. The molecule has 2 amide bonds. The molecule has 0 atom stereocenters. The molecule has 0 aliphatic rings. The van der Waals surface area contributed by atoms with Crippen molar-refractivity contribution in [1.82, 2.24) is 10.9 Å². The first-order valence-electron chi connectivity index (χ1n) is 7.05. The van der Waals surface area contributed by atoms with Gasteiger partial charge in [-0.25, -0.2) is 0 Å². The highest BCUT2D eigenvalue weighted by Crippen LogP contribution is 2.16. The summed E-state index contributed by atoms with van der Waals surface area (Å²) in [6, 6.07) is 8.99. The van der Waals surface area contributed by atoms with Crippen LogP contribution in [0.1, 0.15) is 16.9 Å². The van der Waals surface area contributed by atoms with E-state index in [0.717, 1.165) is 11.1 Å². The quantitative estimate of drug-likeness (QED) is 0.654. The average molecular weight is 314 g/mol. The molecule has 0 radical (unpaired) electrons. The van der Waals surface area contributed by atoms with Gasteiger partial charge in [-0.2, -0.15) is 0 Å². The van der Waals surface area contributed by atoms with Crippen molar-refractivity contribution in [3.05, 3.63) is 59.6 Å². The topological polar surface area (TPSA) is 80.6 Å². The van der Waals surface area contributed by atoms with Gasteiger partial charge in [0.2, 0.25) is 0 Å². The van der Waals surface area contributed by atoms with Crippen LogP contribution in [-0.4, -0.2) is 18.4 Å². The van der Waals surface area contributed by atoms with E-state index in [9.17, 15) is 9.59 Å². The molecule has 120 valence electrons. The highest BCUT2D eigenvalue weighted by atomic mass is 16.5. The largest absolute Gasteiger partial charge is 0.484 e. The molecule has 1 aromatic carbocycles. The number of aryl methyl sites for hydroxylation is 2. The van der Waals surface area contributed by atoms with Crippen LogP contribution in [0.4, 0.5) is 0 Å². The van der Waals surface area contributed by atoms with E-state index in [4.69, 9.17) is 9.15 Å². The zero-order valence-electron chi connectivity index (χ0n) is 13.0. The molecular formula is C17H18N2O4. The zero-order valence-corrected chi connectivity index (χ0v) is 13.0. The molecule has 0 saturated carbocycles. The van der Waals surface area contributed by atoms with Crippen LogP contribution < -0.4 is 15.6 Å². The molecule has 0 aliphatic heterocycles. The summed E-state index contributed by atoms with van der Waals surface area (Å²) in [5.41, 5.74) is 6.75. The van der Waals surface area contributed by atoms with E-state index in [1.165, 1.54) is 18.4 Å². The first-order valence-corrected chi connectivity index (χ1v) is 7.05. The average Bonchev–Trinajstić information content (AvgIpc) is 3.05. The predicted molar refractivity (Wildman–Crippen MR) is 85.4 cm³/mol. The Morgan fingerprint density at radius 3 is 2.70 bits per heavy atom. The smallest absolute Gasteiger partial charge is 0.276 e. The van der Waals surface area contributed by atoms with Gasteiger partial charge in [-0.1, -0.05) is 6.07 Å². The van der Waals surface area contributed by atoms with Gasteiger partial charge in [0.05, 0.1) is 6.26 Å². The third-order valence-electron chi connectivity index (χ3n) is 3.12. The van der Waals surface area contributed by atoms with Crippen molar-refractivity contribution >= 4 is 17.9 Å². The van der Waals surface area contributed by atoms with Crippen molar-refractivity contribution in [3.63, 3.8) is 0 Å². The molecule has 0 unspecified atom stereocenters. The van der Waals surface area contributed by atoms with Crippen molar-refractivity contribution in [2.75, 3.05) is 6.61 Å². The van der Waals surface area contributed by atoms with Crippen LogP contribution in [0.25, 0.3) is 6.08 Å². The molecule has 0 spiro atoms. The van der Waals surface area contributed by atoms with Crippen LogP contribution in [0.3, 0.4) is 0 Å². The molecule has 2 rings (SSSR count). The molecule has 23 heavy (non-hydrogen) atoms. The van der Waals surface area contributed by atoms with Crippen molar-refractivity contribution in [2.45, 2.75) is 13.8 Å². The fraction of sp³-hybridized carbons (Fsp3) is 0.176. The molecule has 1 heterocycles. The van der Waals surface area contributed by atoms with E-state index < -0.39 is 11.8 Å². The standard InChI is InChI=1S/C17H18N2O4/c1-12-5-6-15(10-13(12)2)23-11-17(21)19-18-16(20)8-7-14-4-3-9-22-14/h3-10H,11H2,1-2H3,(H,18,20)(H,19,21). The normalized spacial score (nSPS) is 10.5. The number of hydrogen-bond acceptors (Lipinski definition) is 4. The number of hydrazine groups is 1. The van der Waals surface area contributed by atoms with Gasteiger partial charge < -0.3 is 9.15 Å². The molecule has 2 N–H and O–H groups in total. The summed E-state index contributed by atoms with van der Waals surface area (Å²) in [4.78, 5) is 23.1. The number of carbonyl (C=O) groups is 2. The van der Waals surface area contributed by atoms with Crippen molar-refractivity contribution in [3.8, 4) is 5.75 Å². The summed E-state index contributed by atoms with van der Waals surface area (Å²) in [5, 5.41) is 0. The summed E-state index contributed by atoms with van der Waals surface area (Å²) in [5.74, 6) is 0.223. The molecule has 2 aromatic rings. The lowest BCUT2D eigenvalue weighted by Gasteiger charge is -2.09. The number of hydrogen-bond donors (Lipinski definition) is 2. The first kappa shape index (κ1) is 16.4. The molecule has 0 fully saturated rings. The molecule has 0 aliphatic carbocycles. The maximum atomic E-state index is 11.6. The highest BCUT2D eigenvalue weighted by Gasteiger charge is 2.04. The second kappa shape index (κ2) is 7.84. The van der Waals surface area contributed by atoms with Gasteiger partial charge in [0.25, 0.3) is 11.8 Å². The Labute approximate surface area is 134 Å². The van der Waals surface area contributed by atoms with Crippen LogP contribution in [0.5, 0.6) is 5.75 Å². The maximum absolute atomic E-state index is 11.6. The predicted octanol–water partition coefficient (Wildman–Crippen LogP) is 2.14. The molecule has 6 nitrogen and oxygen atoms in total. The van der Waals surface area contributed by atoms with Crippen molar-refractivity contribution in [2.24, 2.45) is 0 Å². The van der Waals surface area contributed by atoms with Crippen LogP contribution in [0.2, 0.25) is 0 Å². The minimum Gasteiger partial charge on any atom is -0.484 e. The zero-order chi connectivity index (χ0) is 16.7. The Morgan fingerprint density at radius 1 is 1.17 bits per heavy atom. The summed E-state index contributed by atoms with van der Waals surface area (Å²) in [6.45, 7) is 3.77. The maximum Gasteiger partial charge on any atom is 0.276 e. The molecule has 0 bridgehead atoms. The fourth-order valence-corrected chi connectivity index (χ4v) is 1.71. The lowest BCUT2D eigenvalue weighted by Crippen LogP contribution is -2.43. The Hall–Kier alpha value is -3.02. The van der Waals surface area contributed by atoms with Crippen molar-refractivity contribution < 1.29 is 18.7 Å². The number of nitrogens with one attached hydrogen (secondary N) is 2. The summed E-state index contributed by atoms with van der Waals surface area (Å²) in [6.07, 6.45) is 4.25. The Bertz CT molecular complexity index is 705. The third-order valence-corrected chi connectivity index (χ3v) is 3.12. The number of ether oxygens (including phenoxy) is 1. The lowest BCUT2D eigenvalue weighted by molar-refractivity contribution is -0.128. The van der Waals surface area contributed by atoms with Gasteiger partial charge in [-0.3, -0.25) is 20.4 Å². The molecule has 1 aromatic heterocycles. The van der Waals surface area contributed by atoms with E-state index in [1.807, 2.05) is 26.0 Å². The second-order valence-corrected chi connectivity index (χ2v) is 4.92. The van der Waals surface area contributed by atoms with Crippen LogP contribution >= 0.6 is 0 Å². The van der Waals surface area contributed by atoms with Gasteiger partial charge in [-0.15, -0.1) is 0 Å². The van der Waals surface area contributed by atoms with E-state index >= 15 is 0 Å². The van der Waals surface area contributed by atoms with Crippen LogP contribution in [-0.2, 0) is 9.59 Å². The SMILES string of the molecule is Cc1ccc(OCC(=O)NNC(=O)C=Cc2ccco2)cc1C. The number of rotatable bonds is 5. The van der Waals surface area contributed by atoms with Gasteiger partial charge in [0.15, 0.2) is 6.61 Å². The van der Waals surface area contributed by atoms with E-state index in [-0.39, 0.29) is 6.61 Å². The van der Waals surface area contributed by atoms with Gasteiger partial charge in [-0.05, 0) is 55.3 Å². The molecule has 6 heteroatoms. The van der Waals surface area contributed by atoms with Gasteiger partial charge >= 0.3 is 0 Å². The minimum absolute atomic E-state index is 0.190. The number of carbonyl (C=O) groups excluding carboxylic acids is 2. The monoisotopic (exact) mass is 314 g/mol. The molecule has 0 saturated heterocycles. The number of amides is 2. The van der Waals surface area contributed by atoms with E-state index in [2.05, 4.69) is 10.9 Å². The van der Waals surface area contributed by atoms with Gasteiger partial charge in [0.1, 0.15) is 11.5 Å². The van der Waals surface area contributed by atoms with E-state index in [0.29, 0.717) is 11.5 Å². The van der Waals surface area contributed by atoms with Crippen molar-refractivity contribution in [1.29, 1.82) is 0 Å².